The molecule has 0 amide bonds. The largest absolute Gasteiger partial charge is 0.378 e. The van der Waals surface area contributed by atoms with Gasteiger partial charge in [-0.25, -0.2) is 0 Å². The van der Waals surface area contributed by atoms with Crippen molar-refractivity contribution in [3.05, 3.63) is 28.7 Å². The Morgan fingerprint density at radius 2 is 2.00 bits per heavy atom. The molecule has 6 heteroatoms. The molecule has 0 bridgehead atoms. The molecule has 0 aliphatic carbocycles. The first kappa shape index (κ1) is 15.9. The van der Waals surface area contributed by atoms with Crippen molar-refractivity contribution < 1.29 is 17.3 Å². The molecule has 0 spiro atoms. The Morgan fingerprint density at radius 1 is 1.25 bits per heavy atom. The molecule has 1 fully saturated rings. The molecule has 1 aromatic rings. The number of benzene rings is 1. The van der Waals surface area contributed by atoms with Gasteiger partial charge in [-0.2, -0.15) is 8.42 Å². The lowest BCUT2D eigenvalue weighted by molar-refractivity contribution is 0.101. The fourth-order valence-corrected chi connectivity index (χ4v) is 3.39. The standard InChI is InChI=1S/C14H19BrO4S/c15-12-6-8-14(9-7-12)20(16,17)19-11-2-1-4-13-5-3-10-18-13/h6-9,13H,1-5,10-11H2. The van der Waals surface area contributed by atoms with Gasteiger partial charge in [-0.3, -0.25) is 4.18 Å². The van der Waals surface area contributed by atoms with Gasteiger partial charge in [0.1, 0.15) is 0 Å². The third-order valence-electron chi connectivity index (χ3n) is 3.29. The lowest BCUT2D eigenvalue weighted by Gasteiger charge is -2.09. The Bertz CT molecular complexity index is 506. The summed E-state index contributed by atoms with van der Waals surface area (Å²) < 4.78 is 35.2. The zero-order valence-corrected chi connectivity index (χ0v) is 13.7. The molecule has 0 N–H and O–H groups in total. The normalized spacial score (nSPS) is 19.4. The Morgan fingerprint density at radius 3 is 2.65 bits per heavy atom. The van der Waals surface area contributed by atoms with Crippen LogP contribution in [0.15, 0.2) is 33.6 Å². The van der Waals surface area contributed by atoms with Crippen LogP contribution in [0.5, 0.6) is 0 Å². The van der Waals surface area contributed by atoms with Crippen molar-refractivity contribution in [1.29, 1.82) is 0 Å². The number of rotatable bonds is 7. The maximum atomic E-state index is 11.9. The topological polar surface area (TPSA) is 52.6 Å². The van der Waals surface area contributed by atoms with Gasteiger partial charge in [0.05, 0.1) is 17.6 Å². The molecular weight excluding hydrogens is 344 g/mol. The van der Waals surface area contributed by atoms with Crippen LogP contribution >= 0.6 is 15.9 Å². The summed E-state index contributed by atoms with van der Waals surface area (Å²) in [4.78, 5) is 0.194. The molecule has 0 aromatic heterocycles. The van der Waals surface area contributed by atoms with Crippen molar-refractivity contribution in [2.75, 3.05) is 13.2 Å². The zero-order valence-electron chi connectivity index (χ0n) is 11.3. The van der Waals surface area contributed by atoms with Gasteiger partial charge in [0.15, 0.2) is 0 Å². The average Bonchev–Trinajstić information content (AvgIpc) is 2.92. The first-order valence-corrected chi connectivity index (χ1v) is 9.05. The van der Waals surface area contributed by atoms with Crippen LogP contribution < -0.4 is 0 Å². The number of hydrogen-bond acceptors (Lipinski definition) is 4. The number of unbranched alkanes of at least 4 members (excludes halogenated alkanes) is 1. The van der Waals surface area contributed by atoms with E-state index in [2.05, 4.69) is 15.9 Å². The Balaban J connectivity index is 1.71. The Labute approximate surface area is 128 Å². The molecule has 112 valence electrons. The predicted octanol–water partition coefficient (Wildman–Crippen LogP) is 3.50. The van der Waals surface area contributed by atoms with E-state index in [4.69, 9.17) is 8.92 Å². The van der Waals surface area contributed by atoms with Gasteiger partial charge in [-0.1, -0.05) is 15.9 Å². The SMILES string of the molecule is O=S(=O)(OCCCCC1CCCO1)c1ccc(Br)cc1. The van der Waals surface area contributed by atoms with Crippen molar-refractivity contribution in [3.63, 3.8) is 0 Å². The Kier molecular flexibility index (Phi) is 6.01. The summed E-state index contributed by atoms with van der Waals surface area (Å²) in [6.07, 6.45) is 5.27. The number of ether oxygens (including phenoxy) is 1. The van der Waals surface area contributed by atoms with E-state index in [1.807, 2.05) is 0 Å². The van der Waals surface area contributed by atoms with Gasteiger partial charge >= 0.3 is 0 Å². The first-order chi connectivity index (χ1) is 9.58. The fourth-order valence-electron chi connectivity index (χ4n) is 2.18. The molecule has 1 aliphatic rings. The summed E-state index contributed by atoms with van der Waals surface area (Å²) in [6, 6.07) is 6.44. The van der Waals surface area contributed by atoms with Gasteiger partial charge in [0.25, 0.3) is 10.1 Å². The van der Waals surface area contributed by atoms with Crippen LogP contribution in [0.25, 0.3) is 0 Å². The van der Waals surface area contributed by atoms with Crippen LogP contribution in [0.3, 0.4) is 0 Å². The van der Waals surface area contributed by atoms with E-state index < -0.39 is 10.1 Å². The summed E-state index contributed by atoms with van der Waals surface area (Å²) in [5.41, 5.74) is 0. The molecule has 1 unspecified atom stereocenters. The lowest BCUT2D eigenvalue weighted by Crippen LogP contribution is -2.09. The minimum Gasteiger partial charge on any atom is -0.378 e. The molecule has 1 aliphatic heterocycles. The van der Waals surface area contributed by atoms with Crippen LogP contribution in [0.2, 0.25) is 0 Å². The van der Waals surface area contributed by atoms with E-state index in [0.717, 1.165) is 43.2 Å². The van der Waals surface area contributed by atoms with Crippen LogP contribution in [0.1, 0.15) is 32.1 Å². The highest BCUT2D eigenvalue weighted by molar-refractivity contribution is 9.10. The highest BCUT2D eigenvalue weighted by Gasteiger charge is 2.16. The zero-order chi connectivity index (χ0) is 14.4. The Hall–Kier alpha value is -0.430. The van der Waals surface area contributed by atoms with Crippen LogP contribution in [-0.2, 0) is 19.0 Å². The second kappa shape index (κ2) is 7.54. The van der Waals surface area contributed by atoms with Crippen molar-refractivity contribution in [2.45, 2.75) is 43.1 Å². The average molecular weight is 363 g/mol. The smallest absolute Gasteiger partial charge is 0.296 e. The van der Waals surface area contributed by atoms with Crippen LogP contribution in [-0.4, -0.2) is 27.7 Å². The van der Waals surface area contributed by atoms with Crippen molar-refractivity contribution in [2.24, 2.45) is 0 Å². The lowest BCUT2D eigenvalue weighted by atomic mass is 10.1. The molecule has 1 saturated heterocycles. The quantitative estimate of drug-likeness (QED) is 0.550. The second-order valence-corrected chi connectivity index (χ2v) is 7.39. The molecule has 2 rings (SSSR count). The van der Waals surface area contributed by atoms with E-state index in [1.165, 1.54) is 12.1 Å². The third-order valence-corrected chi connectivity index (χ3v) is 5.14. The minimum atomic E-state index is -3.63. The van der Waals surface area contributed by atoms with Crippen LogP contribution in [0.4, 0.5) is 0 Å². The molecule has 0 saturated carbocycles. The van der Waals surface area contributed by atoms with E-state index in [1.54, 1.807) is 12.1 Å². The van der Waals surface area contributed by atoms with E-state index in [0.29, 0.717) is 6.10 Å². The summed E-state index contributed by atoms with van der Waals surface area (Å²) >= 11 is 3.27. The summed E-state index contributed by atoms with van der Waals surface area (Å²) in [5, 5.41) is 0. The predicted molar refractivity (Wildman–Crippen MR) is 80.1 cm³/mol. The highest BCUT2D eigenvalue weighted by Crippen LogP contribution is 2.19. The fraction of sp³-hybridized carbons (Fsp3) is 0.571. The molecule has 4 nitrogen and oxygen atoms in total. The third kappa shape index (κ3) is 4.84. The van der Waals surface area contributed by atoms with Crippen molar-refractivity contribution in [3.8, 4) is 0 Å². The van der Waals surface area contributed by atoms with Gasteiger partial charge in [0.2, 0.25) is 0 Å². The van der Waals surface area contributed by atoms with Crippen molar-refractivity contribution in [1.82, 2.24) is 0 Å². The van der Waals surface area contributed by atoms with Gasteiger partial charge in [-0.05, 0) is 56.4 Å². The summed E-state index contributed by atoms with van der Waals surface area (Å²) in [6.45, 7) is 1.09. The second-order valence-electron chi connectivity index (χ2n) is 4.86. The molecule has 20 heavy (non-hydrogen) atoms. The van der Waals surface area contributed by atoms with E-state index in [-0.39, 0.29) is 11.5 Å². The maximum absolute atomic E-state index is 11.9. The maximum Gasteiger partial charge on any atom is 0.296 e. The minimum absolute atomic E-state index is 0.194. The molecule has 0 radical (unpaired) electrons. The number of hydrogen-bond donors (Lipinski definition) is 0. The highest BCUT2D eigenvalue weighted by atomic mass is 79.9. The van der Waals surface area contributed by atoms with E-state index in [9.17, 15) is 8.42 Å². The van der Waals surface area contributed by atoms with Crippen molar-refractivity contribution >= 4 is 26.0 Å². The molecule has 1 atom stereocenters. The molecule has 1 aromatic carbocycles. The van der Waals surface area contributed by atoms with Gasteiger partial charge in [0, 0.05) is 11.1 Å². The number of halogens is 1. The first-order valence-electron chi connectivity index (χ1n) is 6.84. The van der Waals surface area contributed by atoms with Gasteiger partial charge < -0.3 is 4.74 Å². The monoisotopic (exact) mass is 362 g/mol. The van der Waals surface area contributed by atoms with Gasteiger partial charge in [-0.15, -0.1) is 0 Å². The summed E-state index contributed by atoms with van der Waals surface area (Å²) in [5.74, 6) is 0. The summed E-state index contributed by atoms with van der Waals surface area (Å²) in [7, 11) is -3.63. The molecular formula is C14H19BrO4S. The molecule has 1 heterocycles. The van der Waals surface area contributed by atoms with Crippen LogP contribution in [0, 0.1) is 0 Å². The van der Waals surface area contributed by atoms with E-state index >= 15 is 0 Å².